The Morgan fingerprint density at radius 3 is 2.52 bits per heavy atom. The molecular weight excluding hydrogens is 338 g/mol. The van der Waals surface area contributed by atoms with E-state index in [1.807, 2.05) is 13.8 Å². The number of rotatable bonds is 6. The summed E-state index contributed by atoms with van der Waals surface area (Å²) in [5.74, 6) is -0.940. The summed E-state index contributed by atoms with van der Waals surface area (Å²) < 4.78 is 58.1. The van der Waals surface area contributed by atoms with Crippen molar-refractivity contribution in [3.8, 4) is 5.88 Å². The smallest absolute Gasteiger partial charge is 0.423 e. The fourth-order valence-corrected chi connectivity index (χ4v) is 2.12. The Morgan fingerprint density at radius 2 is 1.96 bits per heavy atom. The lowest BCUT2D eigenvalue weighted by atomic mass is 10.2. The van der Waals surface area contributed by atoms with Crippen molar-refractivity contribution < 1.29 is 22.3 Å². The number of nitrogens with zero attached hydrogens (tertiary/aromatic N) is 3. The highest BCUT2D eigenvalue weighted by molar-refractivity contribution is 5.57. The van der Waals surface area contributed by atoms with Gasteiger partial charge in [-0.3, -0.25) is 0 Å². The number of alkyl halides is 3. The molecule has 4 nitrogen and oxygen atoms in total. The molecular formula is C17H19F4N3O. The Kier molecular flexibility index (Phi) is 5.81. The fraction of sp³-hybridized carbons (Fsp3) is 0.412. The molecule has 0 N–H and O–H groups in total. The molecule has 136 valence electrons. The van der Waals surface area contributed by atoms with Crippen LogP contribution >= 0.6 is 0 Å². The zero-order valence-corrected chi connectivity index (χ0v) is 14.1. The van der Waals surface area contributed by atoms with Gasteiger partial charge in [-0.1, -0.05) is 19.9 Å². The molecule has 0 atom stereocenters. The summed E-state index contributed by atoms with van der Waals surface area (Å²) in [6.45, 7) is 5.84. The lowest BCUT2D eigenvalue weighted by molar-refractivity contribution is -0.139. The summed E-state index contributed by atoms with van der Waals surface area (Å²) in [5, 5.41) is 0. The summed E-state index contributed by atoms with van der Waals surface area (Å²) in [6, 6.07) is 5.68. The van der Waals surface area contributed by atoms with Crippen LogP contribution < -0.4 is 9.64 Å². The van der Waals surface area contributed by atoms with Gasteiger partial charge in [-0.25, -0.2) is 9.37 Å². The van der Waals surface area contributed by atoms with E-state index in [0.29, 0.717) is 18.4 Å². The molecule has 0 amide bonds. The Morgan fingerprint density at radius 1 is 1.24 bits per heavy atom. The van der Waals surface area contributed by atoms with Gasteiger partial charge in [-0.2, -0.15) is 18.2 Å². The van der Waals surface area contributed by atoms with Crippen LogP contribution in [0.4, 0.5) is 29.2 Å². The van der Waals surface area contributed by atoms with E-state index in [4.69, 9.17) is 4.74 Å². The predicted octanol–water partition coefficient (Wildman–Crippen LogP) is 4.83. The zero-order chi connectivity index (χ0) is 18.6. The van der Waals surface area contributed by atoms with Crippen molar-refractivity contribution >= 4 is 11.6 Å². The topological polar surface area (TPSA) is 38.2 Å². The van der Waals surface area contributed by atoms with Crippen molar-refractivity contribution in [3.05, 3.63) is 41.8 Å². The van der Waals surface area contributed by atoms with Crippen LogP contribution in [-0.2, 0) is 6.18 Å². The van der Waals surface area contributed by atoms with E-state index in [0.717, 1.165) is 0 Å². The number of anilines is 2. The molecule has 1 aromatic carbocycles. The normalized spacial score (nSPS) is 11.7. The maximum atomic E-state index is 13.4. The van der Waals surface area contributed by atoms with Gasteiger partial charge in [0.1, 0.15) is 11.4 Å². The third-order valence-corrected chi connectivity index (χ3v) is 3.28. The van der Waals surface area contributed by atoms with Crippen LogP contribution in [0.5, 0.6) is 5.88 Å². The van der Waals surface area contributed by atoms with Gasteiger partial charge < -0.3 is 9.64 Å². The Balaban J connectivity index is 2.44. The number of hydrogen-bond acceptors (Lipinski definition) is 4. The third-order valence-electron chi connectivity index (χ3n) is 3.28. The van der Waals surface area contributed by atoms with Crippen molar-refractivity contribution in [2.24, 2.45) is 5.92 Å². The van der Waals surface area contributed by atoms with E-state index < -0.39 is 23.4 Å². The molecule has 0 radical (unpaired) electrons. The molecule has 1 heterocycles. The SMILES string of the molecule is CCN(c1cccc(F)c1)c1ncc(C(F)(F)F)c(OCC(C)C)n1. The number of ether oxygens (including phenoxy) is 1. The van der Waals surface area contributed by atoms with Crippen molar-refractivity contribution in [1.29, 1.82) is 0 Å². The van der Waals surface area contributed by atoms with Crippen LogP contribution in [0.1, 0.15) is 26.3 Å². The molecule has 0 bridgehead atoms. The molecule has 1 aromatic heterocycles. The molecule has 0 fully saturated rings. The Labute approximate surface area is 143 Å². The van der Waals surface area contributed by atoms with E-state index in [9.17, 15) is 17.6 Å². The second-order valence-corrected chi connectivity index (χ2v) is 5.82. The van der Waals surface area contributed by atoms with Gasteiger partial charge >= 0.3 is 6.18 Å². The largest absolute Gasteiger partial charge is 0.477 e. The average Bonchev–Trinajstić information content (AvgIpc) is 2.53. The minimum atomic E-state index is -4.62. The van der Waals surface area contributed by atoms with Crippen molar-refractivity contribution in [3.63, 3.8) is 0 Å². The molecule has 2 aromatic rings. The zero-order valence-electron chi connectivity index (χ0n) is 14.1. The molecule has 0 aliphatic heterocycles. The lowest BCUT2D eigenvalue weighted by Gasteiger charge is -2.22. The van der Waals surface area contributed by atoms with Crippen LogP contribution in [0.15, 0.2) is 30.5 Å². The van der Waals surface area contributed by atoms with Gasteiger partial charge in [0.05, 0.1) is 6.61 Å². The number of aromatic nitrogens is 2. The Hall–Kier alpha value is -2.38. The van der Waals surface area contributed by atoms with E-state index in [1.54, 1.807) is 13.0 Å². The van der Waals surface area contributed by atoms with Crippen LogP contribution in [0, 0.1) is 11.7 Å². The van der Waals surface area contributed by atoms with Gasteiger partial charge in [0, 0.05) is 18.4 Å². The molecule has 0 unspecified atom stereocenters. The molecule has 0 aliphatic carbocycles. The summed E-state index contributed by atoms with van der Waals surface area (Å²) in [7, 11) is 0. The molecule has 2 rings (SSSR count). The number of benzene rings is 1. The van der Waals surface area contributed by atoms with Crippen LogP contribution in [0.25, 0.3) is 0 Å². The monoisotopic (exact) mass is 357 g/mol. The fourth-order valence-electron chi connectivity index (χ4n) is 2.12. The first-order valence-electron chi connectivity index (χ1n) is 7.82. The highest BCUT2D eigenvalue weighted by atomic mass is 19.4. The minimum absolute atomic E-state index is 0.0138. The van der Waals surface area contributed by atoms with Crippen molar-refractivity contribution in [2.75, 3.05) is 18.1 Å². The summed E-state index contributed by atoms with van der Waals surface area (Å²) >= 11 is 0. The molecule has 0 aliphatic rings. The number of hydrogen-bond donors (Lipinski definition) is 0. The van der Waals surface area contributed by atoms with Gasteiger partial charge in [0.15, 0.2) is 0 Å². The molecule has 0 spiro atoms. The van der Waals surface area contributed by atoms with Crippen LogP contribution in [0.3, 0.4) is 0 Å². The highest BCUT2D eigenvalue weighted by Crippen LogP contribution is 2.36. The van der Waals surface area contributed by atoms with E-state index in [1.165, 1.54) is 23.1 Å². The van der Waals surface area contributed by atoms with E-state index >= 15 is 0 Å². The van der Waals surface area contributed by atoms with Crippen molar-refractivity contribution in [1.82, 2.24) is 9.97 Å². The average molecular weight is 357 g/mol. The molecule has 25 heavy (non-hydrogen) atoms. The van der Waals surface area contributed by atoms with Crippen molar-refractivity contribution in [2.45, 2.75) is 26.9 Å². The van der Waals surface area contributed by atoms with Gasteiger partial charge in [0.25, 0.3) is 0 Å². The lowest BCUT2D eigenvalue weighted by Crippen LogP contribution is -2.21. The predicted molar refractivity (Wildman–Crippen MR) is 86.4 cm³/mol. The third kappa shape index (κ3) is 4.80. The molecule has 0 saturated heterocycles. The summed E-state index contributed by atoms with van der Waals surface area (Å²) in [4.78, 5) is 9.25. The quantitative estimate of drug-likeness (QED) is 0.694. The Bertz CT molecular complexity index is 719. The first kappa shape index (κ1) is 19.0. The van der Waals surface area contributed by atoms with Gasteiger partial charge in [-0.05, 0) is 31.0 Å². The molecule has 8 heteroatoms. The van der Waals surface area contributed by atoms with Crippen LogP contribution in [-0.4, -0.2) is 23.1 Å². The number of halogens is 4. The van der Waals surface area contributed by atoms with Gasteiger partial charge in [-0.15, -0.1) is 0 Å². The van der Waals surface area contributed by atoms with E-state index in [-0.39, 0.29) is 18.5 Å². The standard InChI is InChI=1S/C17H19F4N3O/c1-4-24(13-7-5-6-12(18)8-13)16-22-9-14(17(19,20)21)15(23-16)25-10-11(2)3/h5-9,11H,4,10H2,1-3H3. The van der Waals surface area contributed by atoms with E-state index in [2.05, 4.69) is 9.97 Å². The summed E-state index contributed by atoms with van der Waals surface area (Å²) in [6.07, 6.45) is -3.93. The maximum absolute atomic E-state index is 13.4. The second kappa shape index (κ2) is 7.67. The summed E-state index contributed by atoms with van der Waals surface area (Å²) in [5.41, 5.74) is -0.593. The minimum Gasteiger partial charge on any atom is -0.477 e. The molecule has 0 saturated carbocycles. The first-order valence-corrected chi connectivity index (χ1v) is 7.82. The second-order valence-electron chi connectivity index (χ2n) is 5.82. The first-order chi connectivity index (χ1) is 11.7. The highest BCUT2D eigenvalue weighted by Gasteiger charge is 2.36. The van der Waals surface area contributed by atoms with Crippen LogP contribution in [0.2, 0.25) is 0 Å². The van der Waals surface area contributed by atoms with Gasteiger partial charge in [0.2, 0.25) is 11.8 Å². The maximum Gasteiger partial charge on any atom is 0.423 e.